The molecule has 5 atom stereocenters. The third kappa shape index (κ3) is 2.21. The van der Waals surface area contributed by atoms with Crippen molar-refractivity contribution in [2.24, 2.45) is 11.8 Å². The molecule has 1 heterocycles. The highest BCUT2D eigenvalue weighted by molar-refractivity contribution is 5.91. The summed E-state index contributed by atoms with van der Waals surface area (Å²) >= 11 is 0. The van der Waals surface area contributed by atoms with Crippen LogP contribution in [-0.4, -0.2) is 23.9 Å². The molecular weight excluding hydrogens is 276 g/mol. The second-order valence-electron chi connectivity index (χ2n) is 6.89. The Kier molecular flexibility index (Phi) is 3.40. The van der Waals surface area contributed by atoms with Crippen LogP contribution in [0.25, 0.3) is 0 Å². The maximum absolute atomic E-state index is 12.4. The molecule has 116 valence electrons. The van der Waals surface area contributed by atoms with E-state index in [-0.39, 0.29) is 23.9 Å². The molecule has 4 heteroatoms. The van der Waals surface area contributed by atoms with Crippen LogP contribution in [0.3, 0.4) is 0 Å². The molecule has 4 rings (SSSR count). The average Bonchev–Trinajstić information content (AvgIpc) is 3.13. The van der Waals surface area contributed by atoms with Crippen LogP contribution in [0, 0.1) is 11.8 Å². The van der Waals surface area contributed by atoms with Crippen LogP contribution in [0.15, 0.2) is 30.3 Å². The van der Waals surface area contributed by atoms with E-state index in [4.69, 9.17) is 0 Å². The van der Waals surface area contributed by atoms with E-state index in [2.05, 4.69) is 34.9 Å². The molecule has 0 unspecified atom stereocenters. The van der Waals surface area contributed by atoms with Crippen LogP contribution in [0.2, 0.25) is 0 Å². The summed E-state index contributed by atoms with van der Waals surface area (Å²) in [6.07, 6.45) is 4.86. The van der Waals surface area contributed by atoms with Gasteiger partial charge >= 0.3 is 0 Å². The van der Waals surface area contributed by atoms with Crippen LogP contribution >= 0.6 is 0 Å². The molecule has 1 aromatic rings. The molecule has 1 aliphatic heterocycles. The standard InChI is InChI=1S/C18H22N2O2/c21-15-10-9-14(19-15)18(22)20-17-13-8-4-7-12(13)16(17)11-5-2-1-3-6-11/h1-3,5-6,12-14,16-17H,4,7-10H2,(H,19,21)(H,20,22)/t12-,13-,14-,16-,17-/m1/s1. The number of hydrogen-bond donors (Lipinski definition) is 2. The second kappa shape index (κ2) is 5.41. The number of rotatable bonds is 3. The molecule has 0 spiro atoms. The summed E-state index contributed by atoms with van der Waals surface area (Å²) in [5.74, 6) is 1.76. The summed E-state index contributed by atoms with van der Waals surface area (Å²) in [6, 6.07) is 10.5. The summed E-state index contributed by atoms with van der Waals surface area (Å²) in [5, 5.41) is 6.02. The van der Waals surface area contributed by atoms with E-state index in [1.54, 1.807) is 0 Å². The van der Waals surface area contributed by atoms with Gasteiger partial charge in [0.2, 0.25) is 11.8 Å². The largest absolute Gasteiger partial charge is 0.351 e. The molecule has 2 amide bonds. The number of amides is 2. The lowest BCUT2D eigenvalue weighted by Crippen LogP contribution is -2.59. The highest BCUT2D eigenvalue weighted by Crippen LogP contribution is 2.55. The molecule has 2 saturated carbocycles. The van der Waals surface area contributed by atoms with Crippen molar-refractivity contribution < 1.29 is 9.59 Å². The summed E-state index contributed by atoms with van der Waals surface area (Å²) in [4.78, 5) is 23.7. The van der Waals surface area contributed by atoms with E-state index < -0.39 is 0 Å². The third-order valence-corrected chi connectivity index (χ3v) is 5.74. The lowest BCUT2D eigenvalue weighted by atomic mass is 9.59. The Balaban J connectivity index is 1.49. The Morgan fingerprint density at radius 2 is 1.86 bits per heavy atom. The highest BCUT2D eigenvalue weighted by Gasteiger charge is 2.53. The van der Waals surface area contributed by atoms with Crippen LogP contribution < -0.4 is 10.6 Å². The molecule has 1 aromatic carbocycles. The number of carbonyl (C=O) groups is 2. The third-order valence-electron chi connectivity index (χ3n) is 5.74. The molecule has 2 N–H and O–H groups in total. The molecule has 0 bridgehead atoms. The van der Waals surface area contributed by atoms with Gasteiger partial charge < -0.3 is 10.6 Å². The van der Waals surface area contributed by atoms with Gasteiger partial charge in [-0.05, 0) is 36.7 Å². The number of carbonyl (C=O) groups excluding carboxylic acids is 2. The van der Waals surface area contributed by atoms with E-state index in [1.165, 1.54) is 24.8 Å². The van der Waals surface area contributed by atoms with Crippen molar-refractivity contribution >= 4 is 11.8 Å². The van der Waals surface area contributed by atoms with Crippen molar-refractivity contribution in [2.45, 2.75) is 50.1 Å². The normalized spacial score (nSPS) is 36.4. The zero-order chi connectivity index (χ0) is 15.1. The van der Waals surface area contributed by atoms with Gasteiger partial charge in [0.25, 0.3) is 0 Å². The van der Waals surface area contributed by atoms with Crippen molar-refractivity contribution in [3.05, 3.63) is 35.9 Å². The molecule has 22 heavy (non-hydrogen) atoms. The van der Waals surface area contributed by atoms with Gasteiger partial charge in [-0.1, -0.05) is 36.8 Å². The number of fused-ring (bicyclic) bond motifs is 1. The zero-order valence-corrected chi connectivity index (χ0v) is 12.6. The van der Waals surface area contributed by atoms with Gasteiger partial charge in [-0.15, -0.1) is 0 Å². The number of benzene rings is 1. The van der Waals surface area contributed by atoms with E-state index >= 15 is 0 Å². The van der Waals surface area contributed by atoms with Gasteiger partial charge in [0, 0.05) is 18.4 Å². The van der Waals surface area contributed by atoms with Crippen molar-refractivity contribution in [1.29, 1.82) is 0 Å². The Bertz CT molecular complexity index is 586. The van der Waals surface area contributed by atoms with Crippen LogP contribution in [0.1, 0.15) is 43.6 Å². The highest BCUT2D eigenvalue weighted by atomic mass is 16.2. The molecule has 4 nitrogen and oxygen atoms in total. The topological polar surface area (TPSA) is 58.2 Å². The SMILES string of the molecule is O=C1CC[C@H](C(=O)N[C@@H]2[C@@H]3CCC[C@H]3[C@H]2c2ccccc2)N1. The van der Waals surface area contributed by atoms with Gasteiger partial charge in [0.05, 0.1) is 0 Å². The first-order valence-electron chi connectivity index (χ1n) is 8.39. The van der Waals surface area contributed by atoms with Crippen LogP contribution in [0.5, 0.6) is 0 Å². The minimum atomic E-state index is -0.329. The second-order valence-corrected chi connectivity index (χ2v) is 6.89. The average molecular weight is 298 g/mol. The lowest BCUT2D eigenvalue weighted by Gasteiger charge is -2.50. The Hall–Kier alpha value is -1.84. The fourth-order valence-electron chi connectivity index (χ4n) is 4.70. The summed E-state index contributed by atoms with van der Waals surface area (Å²) in [6.45, 7) is 0. The van der Waals surface area contributed by atoms with Gasteiger partial charge in [0.15, 0.2) is 0 Å². The number of hydrogen-bond acceptors (Lipinski definition) is 2. The number of nitrogens with one attached hydrogen (secondary N) is 2. The van der Waals surface area contributed by atoms with Gasteiger partial charge in [-0.3, -0.25) is 9.59 Å². The Morgan fingerprint density at radius 1 is 1.09 bits per heavy atom. The molecule has 3 fully saturated rings. The quantitative estimate of drug-likeness (QED) is 0.896. The first-order chi connectivity index (χ1) is 10.7. The van der Waals surface area contributed by atoms with E-state index in [9.17, 15) is 9.59 Å². The Morgan fingerprint density at radius 3 is 2.59 bits per heavy atom. The fraction of sp³-hybridized carbons (Fsp3) is 0.556. The van der Waals surface area contributed by atoms with Crippen molar-refractivity contribution in [1.82, 2.24) is 10.6 Å². The van der Waals surface area contributed by atoms with Crippen molar-refractivity contribution in [3.63, 3.8) is 0 Å². The Labute approximate surface area is 130 Å². The smallest absolute Gasteiger partial charge is 0.242 e. The van der Waals surface area contributed by atoms with Gasteiger partial charge in [-0.2, -0.15) is 0 Å². The molecular formula is C18H22N2O2. The van der Waals surface area contributed by atoms with E-state index in [0.29, 0.717) is 30.6 Å². The summed E-state index contributed by atoms with van der Waals surface area (Å²) in [5.41, 5.74) is 1.34. The first kappa shape index (κ1) is 13.8. The molecule has 0 radical (unpaired) electrons. The summed E-state index contributed by atoms with van der Waals surface area (Å²) < 4.78 is 0. The molecule has 1 saturated heterocycles. The van der Waals surface area contributed by atoms with E-state index in [0.717, 1.165) is 0 Å². The first-order valence-corrected chi connectivity index (χ1v) is 8.39. The van der Waals surface area contributed by atoms with Gasteiger partial charge in [0.1, 0.15) is 6.04 Å². The minimum absolute atomic E-state index is 0.00197. The van der Waals surface area contributed by atoms with Crippen molar-refractivity contribution in [3.8, 4) is 0 Å². The minimum Gasteiger partial charge on any atom is -0.351 e. The van der Waals surface area contributed by atoms with Crippen molar-refractivity contribution in [2.75, 3.05) is 0 Å². The summed E-state index contributed by atoms with van der Waals surface area (Å²) in [7, 11) is 0. The predicted octanol–water partition coefficient (Wildman–Crippen LogP) is 1.96. The predicted molar refractivity (Wildman–Crippen MR) is 83.1 cm³/mol. The lowest BCUT2D eigenvalue weighted by molar-refractivity contribution is -0.127. The van der Waals surface area contributed by atoms with Crippen LogP contribution in [-0.2, 0) is 9.59 Å². The van der Waals surface area contributed by atoms with Crippen LogP contribution in [0.4, 0.5) is 0 Å². The molecule has 3 aliphatic rings. The maximum Gasteiger partial charge on any atom is 0.242 e. The molecule has 0 aromatic heterocycles. The monoisotopic (exact) mass is 298 g/mol. The van der Waals surface area contributed by atoms with E-state index in [1.807, 2.05) is 6.07 Å². The molecule has 2 aliphatic carbocycles. The van der Waals surface area contributed by atoms with Gasteiger partial charge in [-0.25, -0.2) is 0 Å². The fourth-order valence-corrected chi connectivity index (χ4v) is 4.70. The zero-order valence-electron chi connectivity index (χ0n) is 12.6. The maximum atomic E-state index is 12.4.